The lowest BCUT2D eigenvalue weighted by Crippen LogP contribution is -2.53. The summed E-state index contributed by atoms with van der Waals surface area (Å²) in [4.78, 5) is 12.5. The summed E-state index contributed by atoms with van der Waals surface area (Å²) in [5, 5.41) is 0. The Kier molecular flexibility index (Phi) is 3.90. The maximum Gasteiger partial charge on any atom is 0.119 e. The second-order valence-corrected chi connectivity index (χ2v) is 8.08. The summed E-state index contributed by atoms with van der Waals surface area (Å²) in [6.45, 7) is 2.22. The van der Waals surface area contributed by atoms with E-state index in [-0.39, 0.29) is 5.41 Å². The van der Waals surface area contributed by atoms with E-state index in [9.17, 15) is 0 Å². The lowest BCUT2D eigenvalue weighted by Gasteiger charge is -2.50. The summed E-state index contributed by atoms with van der Waals surface area (Å²) in [6, 6.07) is 16.9. The van der Waals surface area contributed by atoms with Gasteiger partial charge in [0.15, 0.2) is 0 Å². The van der Waals surface area contributed by atoms with E-state index in [1.165, 1.54) is 17.0 Å². The number of hydrogen-bond donors (Lipinski definition) is 0. The van der Waals surface area contributed by atoms with Crippen molar-refractivity contribution < 1.29 is 4.74 Å². The van der Waals surface area contributed by atoms with E-state index in [0.29, 0.717) is 5.92 Å². The molecule has 27 heavy (non-hydrogen) atoms. The van der Waals surface area contributed by atoms with E-state index < -0.39 is 0 Å². The van der Waals surface area contributed by atoms with Gasteiger partial charge in [0.2, 0.25) is 0 Å². The third-order valence-corrected chi connectivity index (χ3v) is 6.55. The Labute approximate surface area is 160 Å². The summed E-state index contributed by atoms with van der Waals surface area (Å²) in [5.74, 6) is 1.49. The number of fused-ring (bicyclic) bond motifs is 3. The smallest absolute Gasteiger partial charge is 0.119 e. The number of ether oxygens (including phenoxy) is 1. The number of piperidine rings is 1. The van der Waals surface area contributed by atoms with Gasteiger partial charge < -0.3 is 9.64 Å². The highest BCUT2D eigenvalue weighted by atomic mass is 16.5. The Morgan fingerprint density at radius 3 is 2.59 bits per heavy atom. The van der Waals surface area contributed by atoms with E-state index in [1.807, 2.05) is 18.2 Å². The van der Waals surface area contributed by atoms with Crippen LogP contribution in [0, 0.1) is 5.92 Å². The first-order valence-electron chi connectivity index (χ1n) is 9.75. The van der Waals surface area contributed by atoms with Gasteiger partial charge in [0.1, 0.15) is 5.75 Å². The van der Waals surface area contributed by atoms with Crippen LogP contribution in [0.4, 0.5) is 0 Å². The molecule has 2 aliphatic rings. The highest BCUT2D eigenvalue weighted by molar-refractivity contribution is 5.74. The maximum atomic E-state index is 5.53. The Balaban J connectivity index is 1.65. The zero-order valence-corrected chi connectivity index (χ0v) is 16.0. The molecule has 2 aromatic carbocycles. The fraction of sp³-hybridized carbons (Fsp3) is 0.391. The number of aromatic nitrogens is 2. The average Bonchev–Trinajstić information content (AvgIpc) is 2.71. The normalized spacial score (nSPS) is 25.0. The first-order valence-corrected chi connectivity index (χ1v) is 9.75. The molecule has 0 N–H and O–H groups in total. The van der Waals surface area contributed by atoms with Crippen molar-refractivity contribution in [1.29, 1.82) is 0 Å². The molecular formula is C23H25N3O. The second kappa shape index (κ2) is 6.31. The van der Waals surface area contributed by atoms with Crippen LogP contribution in [0.1, 0.15) is 23.4 Å². The first kappa shape index (κ1) is 16.7. The Bertz CT molecular complexity index is 1000. The predicted molar refractivity (Wildman–Crippen MR) is 107 cm³/mol. The van der Waals surface area contributed by atoms with Gasteiger partial charge >= 0.3 is 0 Å². The topological polar surface area (TPSA) is 38.2 Å². The van der Waals surface area contributed by atoms with Crippen molar-refractivity contribution in [2.24, 2.45) is 5.92 Å². The minimum absolute atomic E-state index is 0.116. The molecule has 2 atom stereocenters. The van der Waals surface area contributed by atoms with Gasteiger partial charge in [-0.05, 0) is 62.2 Å². The van der Waals surface area contributed by atoms with Gasteiger partial charge in [-0.25, -0.2) is 9.97 Å². The molecule has 0 spiro atoms. The van der Waals surface area contributed by atoms with E-state index in [1.54, 1.807) is 7.11 Å². The quantitative estimate of drug-likeness (QED) is 0.700. The summed E-state index contributed by atoms with van der Waals surface area (Å²) in [7, 11) is 3.98. The monoisotopic (exact) mass is 359 g/mol. The summed E-state index contributed by atoms with van der Waals surface area (Å²) in [5.41, 5.74) is 5.88. The van der Waals surface area contributed by atoms with Gasteiger partial charge in [-0.15, -0.1) is 0 Å². The molecule has 138 valence electrons. The zero-order valence-electron chi connectivity index (χ0n) is 16.0. The molecule has 5 rings (SSSR count). The molecular weight excluding hydrogens is 334 g/mol. The van der Waals surface area contributed by atoms with Crippen LogP contribution in [-0.4, -0.2) is 42.1 Å². The third kappa shape index (κ3) is 2.71. The van der Waals surface area contributed by atoms with Crippen molar-refractivity contribution >= 4 is 11.0 Å². The number of rotatable bonds is 2. The number of methoxy groups -OCH3 is 1. The van der Waals surface area contributed by atoms with E-state index in [4.69, 9.17) is 14.7 Å². The SMILES string of the molecule is COc1cccc([C@]23CCN(C)C[C@@H]2Cc2nc4ccccc4nc2C3)c1. The minimum Gasteiger partial charge on any atom is -0.497 e. The van der Waals surface area contributed by atoms with Gasteiger partial charge in [-0.1, -0.05) is 24.3 Å². The van der Waals surface area contributed by atoms with E-state index >= 15 is 0 Å². The van der Waals surface area contributed by atoms with Gasteiger partial charge in [-0.3, -0.25) is 0 Å². The predicted octanol–water partition coefficient (Wildman–Crippen LogP) is 3.63. The zero-order chi connectivity index (χ0) is 18.4. The molecule has 0 unspecified atom stereocenters. The molecule has 0 saturated carbocycles. The van der Waals surface area contributed by atoms with Crippen LogP contribution < -0.4 is 4.74 Å². The third-order valence-electron chi connectivity index (χ3n) is 6.55. The van der Waals surface area contributed by atoms with Gasteiger partial charge in [-0.2, -0.15) is 0 Å². The Morgan fingerprint density at radius 1 is 1.04 bits per heavy atom. The summed E-state index contributed by atoms with van der Waals surface area (Å²) < 4.78 is 5.53. The first-order chi connectivity index (χ1) is 13.2. The lowest BCUT2D eigenvalue weighted by molar-refractivity contribution is 0.0975. The summed E-state index contributed by atoms with van der Waals surface area (Å²) >= 11 is 0. The van der Waals surface area contributed by atoms with Gasteiger partial charge in [0.05, 0.1) is 29.5 Å². The number of para-hydroxylation sites is 2. The fourth-order valence-corrected chi connectivity index (χ4v) is 5.05. The van der Waals surface area contributed by atoms with E-state index in [0.717, 1.165) is 49.1 Å². The standard InChI is InChI=1S/C23H25N3O/c1-26-11-10-23(16-6-5-7-18(12-16)27-2)14-22-21(13-17(23)15-26)24-19-8-3-4-9-20(19)25-22/h3-9,12,17H,10-11,13-15H2,1-2H3/t17-,23+/m0/s1. The molecule has 0 bridgehead atoms. The molecule has 0 amide bonds. The summed E-state index contributed by atoms with van der Waals surface area (Å²) in [6.07, 6.45) is 3.11. The van der Waals surface area contributed by atoms with Crippen molar-refractivity contribution in [3.63, 3.8) is 0 Å². The molecule has 3 aromatic rings. The Hall–Kier alpha value is -2.46. The van der Waals surface area contributed by atoms with Crippen LogP contribution in [0.25, 0.3) is 11.0 Å². The molecule has 2 heterocycles. The van der Waals surface area contributed by atoms with Crippen molar-refractivity contribution in [3.8, 4) is 5.75 Å². The van der Waals surface area contributed by atoms with Crippen LogP contribution in [0.2, 0.25) is 0 Å². The lowest BCUT2D eigenvalue weighted by atomic mass is 9.59. The fourth-order valence-electron chi connectivity index (χ4n) is 5.05. The highest BCUT2D eigenvalue weighted by Crippen LogP contribution is 2.47. The van der Waals surface area contributed by atoms with Crippen molar-refractivity contribution in [2.75, 3.05) is 27.2 Å². The van der Waals surface area contributed by atoms with E-state index in [2.05, 4.69) is 42.3 Å². The van der Waals surface area contributed by atoms with Gasteiger partial charge in [0.25, 0.3) is 0 Å². The van der Waals surface area contributed by atoms with Gasteiger partial charge in [0, 0.05) is 18.4 Å². The number of nitrogens with zero attached hydrogens (tertiary/aromatic N) is 3. The molecule has 1 aliphatic carbocycles. The number of hydrogen-bond acceptors (Lipinski definition) is 4. The van der Waals surface area contributed by atoms with Crippen molar-refractivity contribution in [2.45, 2.75) is 24.7 Å². The molecule has 1 saturated heterocycles. The highest BCUT2D eigenvalue weighted by Gasteiger charge is 2.47. The average molecular weight is 359 g/mol. The van der Waals surface area contributed by atoms with Crippen LogP contribution in [-0.2, 0) is 18.3 Å². The maximum absolute atomic E-state index is 5.53. The molecule has 1 aromatic heterocycles. The molecule has 0 radical (unpaired) electrons. The van der Waals surface area contributed by atoms with Crippen LogP contribution in [0.15, 0.2) is 48.5 Å². The second-order valence-electron chi connectivity index (χ2n) is 8.08. The molecule has 4 nitrogen and oxygen atoms in total. The van der Waals surface area contributed by atoms with Crippen LogP contribution in [0.3, 0.4) is 0 Å². The number of likely N-dealkylation sites (tertiary alicyclic amines) is 1. The van der Waals surface area contributed by atoms with Crippen LogP contribution in [0.5, 0.6) is 5.75 Å². The Morgan fingerprint density at radius 2 is 1.81 bits per heavy atom. The van der Waals surface area contributed by atoms with Crippen molar-refractivity contribution in [3.05, 3.63) is 65.5 Å². The molecule has 4 heteroatoms. The number of benzene rings is 2. The van der Waals surface area contributed by atoms with Crippen LogP contribution >= 0.6 is 0 Å². The molecule has 1 fully saturated rings. The van der Waals surface area contributed by atoms with Crippen molar-refractivity contribution in [1.82, 2.24) is 14.9 Å². The minimum atomic E-state index is 0.116. The molecule has 1 aliphatic heterocycles. The largest absolute Gasteiger partial charge is 0.497 e.